The number of hydrogen-bond donors (Lipinski definition) is 1. The van der Waals surface area contributed by atoms with Crippen molar-refractivity contribution in [3.05, 3.63) is 48.3 Å². The van der Waals surface area contributed by atoms with Crippen LogP contribution >= 0.6 is 24.0 Å². The van der Waals surface area contributed by atoms with Crippen molar-refractivity contribution in [2.75, 3.05) is 38.1 Å². The molecular weight excluding hydrogens is 470 g/mol. The first kappa shape index (κ1) is 22.4. The third-order valence-electron chi connectivity index (χ3n) is 4.75. The van der Waals surface area contributed by atoms with E-state index in [0.717, 1.165) is 50.2 Å². The van der Waals surface area contributed by atoms with Gasteiger partial charge in [0.1, 0.15) is 11.6 Å². The zero-order chi connectivity index (χ0) is 19.2. The van der Waals surface area contributed by atoms with Crippen LogP contribution in [-0.2, 0) is 13.1 Å². The van der Waals surface area contributed by atoms with E-state index in [2.05, 4.69) is 43.5 Å². The lowest BCUT2D eigenvalue weighted by atomic mass is 10.2. The average Bonchev–Trinajstić information content (AvgIpc) is 3.10. The third-order valence-corrected chi connectivity index (χ3v) is 4.75. The Morgan fingerprint density at radius 3 is 2.46 bits per heavy atom. The number of hydrogen-bond acceptors (Lipinski definition) is 3. The Morgan fingerprint density at radius 2 is 1.86 bits per heavy atom. The number of piperazine rings is 1. The van der Waals surface area contributed by atoms with E-state index in [-0.39, 0.29) is 29.8 Å². The summed E-state index contributed by atoms with van der Waals surface area (Å²) in [5.41, 5.74) is 1.06. The number of rotatable bonds is 5. The van der Waals surface area contributed by atoms with E-state index >= 15 is 0 Å². The number of aromatic nitrogens is 2. The lowest BCUT2D eigenvalue weighted by molar-refractivity contribution is 0.371. The van der Waals surface area contributed by atoms with Crippen molar-refractivity contribution in [3.63, 3.8) is 0 Å². The molecule has 0 bridgehead atoms. The summed E-state index contributed by atoms with van der Waals surface area (Å²) in [7, 11) is 1.81. The van der Waals surface area contributed by atoms with E-state index in [1.807, 2.05) is 31.6 Å². The Balaban J connectivity index is 0.00000280. The lowest BCUT2D eigenvalue weighted by Crippen LogP contribution is -2.52. The van der Waals surface area contributed by atoms with Crippen LogP contribution in [-0.4, -0.2) is 53.6 Å². The van der Waals surface area contributed by atoms with Gasteiger partial charge in [-0.1, -0.05) is 13.8 Å². The molecule has 1 aromatic carbocycles. The first-order valence-electron chi connectivity index (χ1n) is 9.53. The van der Waals surface area contributed by atoms with Gasteiger partial charge in [0.05, 0.1) is 6.54 Å². The van der Waals surface area contributed by atoms with Crippen molar-refractivity contribution in [2.45, 2.75) is 26.9 Å². The smallest absolute Gasteiger partial charge is 0.194 e. The summed E-state index contributed by atoms with van der Waals surface area (Å²) in [6.07, 6.45) is 3.88. The molecule has 0 amide bonds. The van der Waals surface area contributed by atoms with Crippen molar-refractivity contribution in [3.8, 4) is 0 Å². The molecule has 8 heteroatoms. The van der Waals surface area contributed by atoms with Crippen LogP contribution in [0.4, 0.5) is 10.1 Å². The van der Waals surface area contributed by atoms with Crippen molar-refractivity contribution in [1.82, 2.24) is 19.8 Å². The van der Waals surface area contributed by atoms with Crippen LogP contribution in [0.2, 0.25) is 0 Å². The normalized spacial score (nSPS) is 15.0. The average molecular weight is 500 g/mol. The number of nitrogens with zero attached hydrogens (tertiary/aromatic N) is 5. The molecule has 0 spiro atoms. The van der Waals surface area contributed by atoms with Crippen LogP contribution in [0.1, 0.15) is 19.7 Å². The molecule has 1 aromatic heterocycles. The molecule has 0 radical (unpaired) electrons. The minimum absolute atomic E-state index is 0. The summed E-state index contributed by atoms with van der Waals surface area (Å²) in [6.45, 7) is 9.54. The van der Waals surface area contributed by atoms with Crippen LogP contribution in [0.5, 0.6) is 0 Å². The molecule has 28 heavy (non-hydrogen) atoms. The van der Waals surface area contributed by atoms with Gasteiger partial charge in [0.2, 0.25) is 0 Å². The highest BCUT2D eigenvalue weighted by atomic mass is 127. The largest absolute Gasteiger partial charge is 0.368 e. The third kappa shape index (κ3) is 5.83. The summed E-state index contributed by atoms with van der Waals surface area (Å²) in [4.78, 5) is 13.4. The summed E-state index contributed by atoms with van der Waals surface area (Å²) in [5, 5.41) is 3.44. The van der Waals surface area contributed by atoms with Crippen LogP contribution in [0, 0.1) is 11.7 Å². The maximum Gasteiger partial charge on any atom is 0.194 e. The molecule has 1 fully saturated rings. The van der Waals surface area contributed by atoms with Gasteiger partial charge in [-0.05, 0) is 30.2 Å². The number of guanidine groups is 1. The molecule has 3 rings (SSSR count). The first-order chi connectivity index (χ1) is 13.1. The fourth-order valence-electron chi connectivity index (χ4n) is 3.39. The predicted octanol–water partition coefficient (Wildman–Crippen LogP) is 3.19. The molecule has 0 atom stereocenters. The van der Waals surface area contributed by atoms with Crippen LogP contribution in [0.3, 0.4) is 0 Å². The zero-order valence-electron chi connectivity index (χ0n) is 16.8. The SMILES string of the molecule is CN=C(NCc1nccn1CC(C)C)N1CCN(c2ccc(F)cc2)CC1.I. The maximum absolute atomic E-state index is 13.1. The summed E-state index contributed by atoms with van der Waals surface area (Å²) in [6, 6.07) is 6.71. The molecule has 2 aromatic rings. The summed E-state index contributed by atoms with van der Waals surface area (Å²) in [5.74, 6) is 2.30. The number of halogens is 2. The first-order valence-corrected chi connectivity index (χ1v) is 9.53. The highest BCUT2D eigenvalue weighted by molar-refractivity contribution is 14.0. The molecule has 1 saturated heterocycles. The highest BCUT2D eigenvalue weighted by Crippen LogP contribution is 2.17. The molecule has 1 N–H and O–H groups in total. The molecule has 0 unspecified atom stereocenters. The number of nitrogens with one attached hydrogen (secondary N) is 1. The Hall–Kier alpha value is -1.84. The van der Waals surface area contributed by atoms with Gasteiger partial charge in [0.15, 0.2) is 5.96 Å². The van der Waals surface area contributed by atoms with E-state index < -0.39 is 0 Å². The minimum Gasteiger partial charge on any atom is -0.368 e. The van der Waals surface area contributed by atoms with E-state index in [1.54, 1.807) is 0 Å². The van der Waals surface area contributed by atoms with Crippen molar-refractivity contribution < 1.29 is 4.39 Å². The van der Waals surface area contributed by atoms with E-state index in [1.165, 1.54) is 12.1 Å². The fourth-order valence-corrected chi connectivity index (χ4v) is 3.39. The van der Waals surface area contributed by atoms with Gasteiger partial charge in [0.25, 0.3) is 0 Å². The molecule has 1 aliphatic rings. The number of imidazole rings is 1. The molecule has 1 aliphatic heterocycles. The molecule has 6 nitrogen and oxygen atoms in total. The molecular formula is C20H30FIN6. The van der Waals surface area contributed by atoms with Crippen molar-refractivity contribution in [2.24, 2.45) is 10.9 Å². The van der Waals surface area contributed by atoms with E-state index in [0.29, 0.717) is 12.5 Å². The summed E-state index contributed by atoms with van der Waals surface area (Å²) >= 11 is 0. The van der Waals surface area contributed by atoms with E-state index in [9.17, 15) is 4.39 Å². The lowest BCUT2D eigenvalue weighted by Gasteiger charge is -2.37. The number of aliphatic imine (C=N–C) groups is 1. The van der Waals surface area contributed by atoms with Gasteiger partial charge in [-0.2, -0.15) is 0 Å². The quantitative estimate of drug-likeness (QED) is 0.390. The molecule has 0 saturated carbocycles. The Bertz CT molecular complexity index is 750. The van der Waals surface area contributed by atoms with Gasteiger partial charge < -0.3 is 19.7 Å². The van der Waals surface area contributed by atoms with Crippen LogP contribution < -0.4 is 10.2 Å². The van der Waals surface area contributed by atoms with Crippen molar-refractivity contribution in [1.29, 1.82) is 0 Å². The molecule has 2 heterocycles. The highest BCUT2D eigenvalue weighted by Gasteiger charge is 2.20. The monoisotopic (exact) mass is 500 g/mol. The Kier molecular flexibility index (Phi) is 8.53. The van der Waals surface area contributed by atoms with Gasteiger partial charge in [-0.3, -0.25) is 4.99 Å². The molecule has 0 aliphatic carbocycles. The van der Waals surface area contributed by atoms with Crippen molar-refractivity contribution >= 4 is 35.6 Å². The predicted molar refractivity (Wildman–Crippen MR) is 123 cm³/mol. The standard InChI is InChI=1S/C20H29FN6.HI/c1-16(2)15-27-9-8-23-19(27)14-24-20(22-3)26-12-10-25(11-13-26)18-6-4-17(21)5-7-18;/h4-9,16H,10-15H2,1-3H3,(H,22,24);1H. The topological polar surface area (TPSA) is 48.7 Å². The second-order valence-corrected chi connectivity index (χ2v) is 7.24. The zero-order valence-corrected chi connectivity index (χ0v) is 19.1. The second kappa shape index (κ2) is 10.6. The van der Waals surface area contributed by atoms with Gasteiger partial charge in [-0.25, -0.2) is 9.37 Å². The van der Waals surface area contributed by atoms with Crippen LogP contribution in [0.15, 0.2) is 41.7 Å². The van der Waals surface area contributed by atoms with E-state index in [4.69, 9.17) is 0 Å². The second-order valence-electron chi connectivity index (χ2n) is 7.24. The summed E-state index contributed by atoms with van der Waals surface area (Å²) < 4.78 is 15.3. The maximum atomic E-state index is 13.1. The number of anilines is 1. The van der Waals surface area contributed by atoms with Gasteiger partial charge in [-0.15, -0.1) is 24.0 Å². The minimum atomic E-state index is -0.196. The number of benzene rings is 1. The molecule has 154 valence electrons. The van der Waals surface area contributed by atoms with Crippen LogP contribution in [0.25, 0.3) is 0 Å². The van der Waals surface area contributed by atoms with Gasteiger partial charge >= 0.3 is 0 Å². The fraction of sp³-hybridized carbons (Fsp3) is 0.500. The Morgan fingerprint density at radius 1 is 1.18 bits per heavy atom. The van der Waals surface area contributed by atoms with Gasteiger partial charge in [0, 0.05) is 57.9 Å². The Labute approximate surface area is 183 Å².